The third-order valence-electron chi connectivity index (χ3n) is 5.67. The number of likely N-dealkylation sites (tertiary alicyclic amines) is 1. The molecule has 0 spiro atoms. The van der Waals surface area contributed by atoms with Gasteiger partial charge in [-0.1, -0.05) is 48.0 Å². The van der Waals surface area contributed by atoms with Crippen LogP contribution in [0.2, 0.25) is 5.02 Å². The summed E-state index contributed by atoms with van der Waals surface area (Å²) in [4.78, 5) is 7.01. The van der Waals surface area contributed by atoms with Crippen molar-refractivity contribution in [1.82, 2.24) is 9.88 Å². The summed E-state index contributed by atoms with van der Waals surface area (Å²) >= 11 is 6.39. The number of nitrogens with one attached hydrogen (secondary N) is 1. The number of nitrogens with zero attached hydrogens (tertiary/aromatic N) is 3. The molecule has 2 heterocycles. The third-order valence-corrected chi connectivity index (χ3v) is 7.34. The second-order valence-electron chi connectivity index (χ2n) is 7.96. The molecule has 1 aliphatic heterocycles. The minimum Gasteiger partial charge on any atom is -0.369 e. The zero-order valence-corrected chi connectivity index (χ0v) is 19.5. The fourth-order valence-electron chi connectivity index (χ4n) is 3.96. The lowest BCUT2D eigenvalue weighted by atomic mass is 10.2. The highest BCUT2D eigenvalue weighted by Gasteiger charge is 2.29. The van der Waals surface area contributed by atoms with E-state index in [0.29, 0.717) is 5.69 Å². The number of sulfonamides is 1. The van der Waals surface area contributed by atoms with Gasteiger partial charge in [-0.25, -0.2) is 17.8 Å². The highest BCUT2D eigenvalue weighted by atomic mass is 35.5. The lowest BCUT2D eigenvalue weighted by molar-refractivity contribution is 0.326. The molecular weight excluding hydrogens is 470 g/mol. The smallest absolute Gasteiger partial charge is 0.266 e. The van der Waals surface area contributed by atoms with Crippen molar-refractivity contribution in [3.05, 3.63) is 83.0 Å². The van der Waals surface area contributed by atoms with E-state index in [1.54, 1.807) is 0 Å². The molecule has 1 aliphatic rings. The van der Waals surface area contributed by atoms with Crippen LogP contribution in [0.1, 0.15) is 12.0 Å². The van der Waals surface area contributed by atoms with E-state index in [4.69, 9.17) is 11.6 Å². The quantitative estimate of drug-likeness (QED) is 0.491. The maximum absolute atomic E-state index is 14.9. The van der Waals surface area contributed by atoms with Crippen molar-refractivity contribution in [2.24, 2.45) is 0 Å². The summed E-state index contributed by atoms with van der Waals surface area (Å²) < 4.78 is 55.6. The summed E-state index contributed by atoms with van der Waals surface area (Å²) in [6.07, 6.45) is 0.869. The molecule has 10 heteroatoms. The van der Waals surface area contributed by atoms with Crippen LogP contribution in [0.25, 0.3) is 0 Å². The second-order valence-corrected chi connectivity index (χ2v) is 10.0. The average Bonchev–Trinajstić information content (AvgIpc) is 3.23. The first-order valence-electron chi connectivity index (χ1n) is 10.4. The Morgan fingerprint density at radius 3 is 2.64 bits per heavy atom. The predicted molar refractivity (Wildman–Crippen MR) is 125 cm³/mol. The van der Waals surface area contributed by atoms with Gasteiger partial charge in [0.15, 0.2) is 0 Å². The van der Waals surface area contributed by atoms with Crippen LogP contribution in [-0.2, 0) is 16.6 Å². The van der Waals surface area contributed by atoms with Crippen LogP contribution in [0, 0.1) is 11.8 Å². The number of halogens is 3. The first kappa shape index (κ1) is 23.4. The van der Waals surface area contributed by atoms with Gasteiger partial charge in [-0.3, -0.25) is 9.62 Å². The van der Waals surface area contributed by atoms with Gasteiger partial charge in [0, 0.05) is 38.8 Å². The van der Waals surface area contributed by atoms with Crippen molar-refractivity contribution in [3.63, 3.8) is 0 Å². The zero-order valence-electron chi connectivity index (χ0n) is 17.9. The summed E-state index contributed by atoms with van der Waals surface area (Å²) in [7, 11) is -2.53. The summed E-state index contributed by atoms with van der Waals surface area (Å²) in [5, 5.41) is 0.105. The Morgan fingerprint density at radius 2 is 1.91 bits per heavy atom. The molecule has 1 atom stereocenters. The maximum atomic E-state index is 14.9. The third kappa shape index (κ3) is 5.43. The molecule has 1 fully saturated rings. The number of hydrogen-bond donors (Lipinski definition) is 1. The van der Waals surface area contributed by atoms with Crippen molar-refractivity contribution in [3.8, 4) is 0 Å². The maximum Gasteiger partial charge on any atom is 0.266 e. The van der Waals surface area contributed by atoms with E-state index in [1.165, 1.54) is 17.7 Å². The minimum absolute atomic E-state index is 0.0997. The van der Waals surface area contributed by atoms with Gasteiger partial charge in [-0.2, -0.15) is 4.39 Å². The Morgan fingerprint density at radius 1 is 1.15 bits per heavy atom. The molecule has 1 N–H and O–H groups in total. The molecule has 2 aromatic carbocycles. The molecule has 1 saturated heterocycles. The van der Waals surface area contributed by atoms with Gasteiger partial charge in [0.2, 0.25) is 5.95 Å². The first-order valence-corrected chi connectivity index (χ1v) is 12.2. The van der Waals surface area contributed by atoms with Gasteiger partial charge >= 0.3 is 0 Å². The van der Waals surface area contributed by atoms with Gasteiger partial charge in [-0.05, 0) is 30.2 Å². The van der Waals surface area contributed by atoms with Crippen molar-refractivity contribution in [2.75, 3.05) is 29.8 Å². The highest BCUT2D eigenvalue weighted by Crippen LogP contribution is 2.33. The number of benzene rings is 2. The number of rotatable bonds is 7. The van der Waals surface area contributed by atoms with Crippen LogP contribution in [0.3, 0.4) is 0 Å². The Bertz CT molecular complexity index is 1240. The Labute approximate surface area is 196 Å². The van der Waals surface area contributed by atoms with Crippen molar-refractivity contribution in [1.29, 1.82) is 0 Å². The van der Waals surface area contributed by atoms with Gasteiger partial charge in [0.05, 0.1) is 10.7 Å². The molecular formula is C23H23ClF2N4O2S. The minimum atomic E-state index is -4.35. The largest absolute Gasteiger partial charge is 0.369 e. The Kier molecular flexibility index (Phi) is 6.83. The summed E-state index contributed by atoms with van der Waals surface area (Å²) in [5.74, 6) is -2.07. The molecule has 3 aromatic rings. The molecule has 0 radical (unpaired) electrons. The SMILES string of the molecule is CN(c1cc(F)c(S(=O)(=O)Nc2cccc(F)n2)cc1Cl)C1CCN(Cc2ccccc2)C1. The molecule has 0 saturated carbocycles. The van der Waals surface area contributed by atoms with Gasteiger partial charge in [-0.15, -0.1) is 0 Å². The van der Waals surface area contributed by atoms with Crippen LogP contribution in [0.15, 0.2) is 65.6 Å². The molecule has 1 aromatic heterocycles. The fraction of sp³-hybridized carbons (Fsp3) is 0.261. The van der Waals surface area contributed by atoms with Gasteiger partial charge in [0.25, 0.3) is 10.0 Å². The molecule has 174 valence electrons. The standard InChI is InChI=1S/C23H23ClF2N4O2S/c1-29(17-10-11-30(15-17)14-16-6-3-2-4-7-16)20-13-19(25)21(12-18(20)24)33(31,32)28-23-9-5-8-22(26)27-23/h2-9,12-13,17H,10-11,14-15H2,1H3,(H,27,28). The van der Waals surface area contributed by atoms with E-state index in [9.17, 15) is 17.2 Å². The Hall–Kier alpha value is -2.75. The highest BCUT2D eigenvalue weighted by molar-refractivity contribution is 7.92. The zero-order chi connectivity index (χ0) is 23.6. The average molecular weight is 493 g/mol. The topological polar surface area (TPSA) is 65.5 Å². The molecule has 0 aliphatic carbocycles. The van der Waals surface area contributed by atoms with Crippen LogP contribution in [0.5, 0.6) is 0 Å². The number of pyridine rings is 1. The van der Waals surface area contributed by atoms with Crippen molar-refractivity contribution >= 4 is 33.1 Å². The fourth-order valence-corrected chi connectivity index (χ4v) is 5.41. The lowest BCUT2D eigenvalue weighted by Crippen LogP contribution is -2.34. The van der Waals surface area contributed by atoms with Crippen molar-refractivity contribution in [2.45, 2.75) is 23.9 Å². The van der Waals surface area contributed by atoms with Gasteiger partial charge < -0.3 is 4.90 Å². The van der Waals surface area contributed by atoms with Crippen LogP contribution in [0.4, 0.5) is 20.3 Å². The summed E-state index contributed by atoms with van der Waals surface area (Å²) in [6, 6.07) is 16.1. The van der Waals surface area contributed by atoms with E-state index in [2.05, 4.69) is 26.7 Å². The molecule has 4 rings (SSSR count). The van der Waals surface area contributed by atoms with Gasteiger partial charge in [0.1, 0.15) is 16.5 Å². The molecule has 33 heavy (non-hydrogen) atoms. The van der Waals surface area contributed by atoms with E-state index in [1.807, 2.05) is 30.1 Å². The predicted octanol–water partition coefficient (Wildman–Crippen LogP) is 4.52. The lowest BCUT2D eigenvalue weighted by Gasteiger charge is -2.28. The Balaban J connectivity index is 1.50. The molecule has 0 amide bonds. The van der Waals surface area contributed by atoms with Crippen LogP contribution in [-0.4, -0.2) is 44.5 Å². The summed E-state index contributed by atoms with van der Waals surface area (Å²) in [6.45, 7) is 2.49. The normalized spacial score (nSPS) is 16.7. The second kappa shape index (κ2) is 9.62. The van der Waals surface area contributed by atoms with E-state index in [-0.39, 0.29) is 16.9 Å². The van der Waals surface area contributed by atoms with E-state index < -0.39 is 26.7 Å². The van der Waals surface area contributed by atoms with E-state index in [0.717, 1.165) is 44.3 Å². The van der Waals surface area contributed by atoms with Crippen LogP contribution < -0.4 is 9.62 Å². The number of anilines is 2. The molecule has 1 unspecified atom stereocenters. The number of aromatic nitrogens is 1. The monoisotopic (exact) mass is 492 g/mol. The summed E-state index contributed by atoms with van der Waals surface area (Å²) in [5.41, 5.74) is 1.63. The first-order chi connectivity index (χ1) is 15.7. The number of likely N-dealkylation sites (N-methyl/N-ethyl adjacent to an activating group) is 1. The van der Waals surface area contributed by atoms with Crippen molar-refractivity contribution < 1.29 is 17.2 Å². The molecule has 0 bridgehead atoms. The van der Waals surface area contributed by atoms with Crippen LogP contribution >= 0.6 is 11.6 Å². The molecule has 6 nitrogen and oxygen atoms in total. The van der Waals surface area contributed by atoms with E-state index >= 15 is 0 Å². The number of hydrogen-bond acceptors (Lipinski definition) is 5.